The van der Waals surface area contributed by atoms with Crippen molar-refractivity contribution >= 4 is 34.2 Å². The summed E-state index contributed by atoms with van der Waals surface area (Å²) in [6.07, 6.45) is 0. The van der Waals surface area contributed by atoms with Crippen molar-refractivity contribution in [2.45, 2.75) is 19.1 Å². The minimum Gasteiger partial charge on any atom is -0.383 e. The number of fused-ring (bicyclic) bond motifs is 1. The minimum atomic E-state index is -1.18. The maximum Gasteiger partial charge on any atom is 0.247 e. The molecular formula is C24H24FN5O3S. The van der Waals surface area contributed by atoms with Gasteiger partial charge in [0.05, 0.1) is 18.7 Å². The number of carbonyl (C=O) groups is 2. The summed E-state index contributed by atoms with van der Waals surface area (Å²) >= 11 is 1.46. The third-order valence-corrected chi connectivity index (χ3v) is 6.16. The van der Waals surface area contributed by atoms with Crippen LogP contribution in [0.3, 0.4) is 0 Å². The van der Waals surface area contributed by atoms with Crippen LogP contribution in [-0.4, -0.2) is 52.0 Å². The lowest BCUT2D eigenvalue weighted by Gasteiger charge is -2.31. The fraction of sp³-hybridized carbons (Fsp3) is 0.250. The number of ether oxygens (including phenoxy) is 1. The van der Waals surface area contributed by atoms with E-state index in [1.807, 2.05) is 35.7 Å². The van der Waals surface area contributed by atoms with Gasteiger partial charge in [-0.1, -0.05) is 41.6 Å². The van der Waals surface area contributed by atoms with E-state index in [0.717, 1.165) is 4.88 Å². The van der Waals surface area contributed by atoms with Gasteiger partial charge in [-0.15, -0.1) is 16.4 Å². The molecule has 0 aliphatic carbocycles. The van der Waals surface area contributed by atoms with Crippen LogP contribution in [0.15, 0.2) is 66.0 Å². The van der Waals surface area contributed by atoms with E-state index in [4.69, 9.17) is 4.74 Å². The lowest BCUT2D eigenvalue weighted by atomic mass is 10.0. The van der Waals surface area contributed by atoms with Gasteiger partial charge in [0.1, 0.15) is 23.9 Å². The number of thiophene rings is 1. The number of para-hydroxylation sites is 1. The van der Waals surface area contributed by atoms with Crippen LogP contribution in [0, 0.1) is 5.82 Å². The van der Waals surface area contributed by atoms with E-state index in [1.165, 1.54) is 40.2 Å². The summed E-state index contributed by atoms with van der Waals surface area (Å²) < 4.78 is 21.4. The van der Waals surface area contributed by atoms with Gasteiger partial charge >= 0.3 is 0 Å². The molecule has 10 heteroatoms. The number of benzene rings is 2. The molecule has 0 spiro atoms. The Hall–Kier alpha value is -3.63. The van der Waals surface area contributed by atoms with Gasteiger partial charge < -0.3 is 15.0 Å². The summed E-state index contributed by atoms with van der Waals surface area (Å²) in [6.45, 7) is 0.511. The molecule has 1 N–H and O–H groups in total. The summed E-state index contributed by atoms with van der Waals surface area (Å²) in [7, 11) is 1.52. The molecule has 0 bridgehead atoms. The molecule has 2 heterocycles. The Kier molecular flexibility index (Phi) is 7.61. The maximum atomic E-state index is 14.9. The van der Waals surface area contributed by atoms with Crippen LogP contribution in [0.5, 0.6) is 0 Å². The molecule has 8 nitrogen and oxygen atoms in total. The smallest absolute Gasteiger partial charge is 0.247 e. The van der Waals surface area contributed by atoms with Crippen molar-refractivity contribution in [2.75, 3.05) is 20.3 Å². The van der Waals surface area contributed by atoms with Gasteiger partial charge in [-0.3, -0.25) is 9.59 Å². The van der Waals surface area contributed by atoms with Crippen LogP contribution in [0.4, 0.5) is 4.39 Å². The first-order valence-electron chi connectivity index (χ1n) is 10.7. The Labute approximate surface area is 199 Å². The number of aromatic nitrogens is 3. The van der Waals surface area contributed by atoms with E-state index in [0.29, 0.717) is 17.6 Å². The highest BCUT2D eigenvalue weighted by Gasteiger charge is 2.34. The Balaban J connectivity index is 1.71. The Morgan fingerprint density at radius 1 is 1.15 bits per heavy atom. The number of carbonyl (C=O) groups excluding carboxylic acids is 2. The summed E-state index contributed by atoms with van der Waals surface area (Å²) in [6, 6.07) is 15.9. The van der Waals surface area contributed by atoms with E-state index in [2.05, 4.69) is 15.6 Å². The zero-order valence-corrected chi connectivity index (χ0v) is 19.4. The fourth-order valence-corrected chi connectivity index (χ4v) is 4.37. The number of hydrogen-bond donors (Lipinski definition) is 1. The van der Waals surface area contributed by atoms with Gasteiger partial charge in [0.25, 0.3) is 0 Å². The molecule has 4 aromatic rings. The molecule has 4 rings (SSSR count). The maximum absolute atomic E-state index is 14.9. The Bertz CT molecular complexity index is 1260. The van der Waals surface area contributed by atoms with Crippen LogP contribution < -0.4 is 5.32 Å². The van der Waals surface area contributed by atoms with E-state index in [-0.39, 0.29) is 31.1 Å². The molecule has 1 atom stereocenters. The van der Waals surface area contributed by atoms with Crippen molar-refractivity contribution < 1.29 is 18.7 Å². The molecule has 0 saturated heterocycles. The molecule has 2 aromatic carbocycles. The predicted molar refractivity (Wildman–Crippen MR) is 126 cm³/mol. The molecule has 0 aliphatic rings. The van der Waals surface area contributed by atoms with Crippen LogP contribution in [0.1, 0.15) is 16.5 Å². The lowest BCUT2D eigenvalue weighted by Crippen LogP contribution is -2.45. The van der Waals surface area contributed by atoms with Crippen molar-refractivity contribution in [3.8, 4) is 0 Å². The number of halogens is 1. The average Bonchev–Trinajstić information content (AvgIpc) is 3.50. The Morgan fingerprint density at radius 2 is 1.94 bits per heavy atom. The molecule has 0 saturated carbocycles. The third kappa shape index (κ3) is 5.29. The molecule has 0 fully saturated rings. The first kappa shape index (κ1) is 23.5. The van der Waals surface area contributed by atoms with Crippen LogP contribution in [0.2, 0.25) is 0 Å². The summed E-state index contributed by atoms with van der Waals surface area (Å²) in [5.74, 6) is -1.45. The van der Waals surface area contributed by atoms with Gasteiger partial charge in [0.15, 0.2) is 0 Å². The van der Waals surface area contributed by atoms with Crippen LogP contribution in [0.25, 0.3) is 11.0 Å². The van der Waals surface area contributed by atoms with Crippen molar-refractivity contribution in [1.29, 1.82) is 0 Å². The molecule has 0 radical (unpaired) electrons. The van der Waals surface area contributed by atoms with Gasteiger partial charge in [0, 0.05) is 24.1 Å². The van der Waals surface area contributed by atoms with Gasteiger partial charge in [-0.2, -0.15) is 0 Å². The quantitative estimate of drug-likeness (QED) is 0.352. The minimum absolute atomic E-state index is 0.116. The number of methoxy groups -OCH3 is 1. The normalized spacial score (nSPS) is 11.9. The number of hydrogen-bond acceptors (Lipinski definition) is 6. The van der Waals surface area contributed by atoms with Crippen molar-refractivity contribution in [2.24, 2.45) is 0 Å². The van der Waals surface area contributed by atoms with Gasteiger partial charge in [-0.05, 0) is 29.6 Å². The predicted octanol–water partition coefficient (Wildman–Crippen LogP) is 3.16. The van der Waals surface area contributed by atoms with Crippen LogP contribution >= 0.6 is 11.3 Å². The highest BCUT2D eigenvalue weighted by Crippen LogP contribution is 2.27. The molecule has 2 amide bonds. The average molecular weight is 482 g/mol. The second kappa shape index (κ2) is 11.0. The van der Waals surface area contributed by atoms with Gasteiger partial charge in [0.2, 0.25) is 11.8 Å². The second-order valence-electron chi connectivity index (χ2n) is 7.54. The number of amides is 2. The van der Waals surface area contributed by atoms with E-state index < -0.39 is 17.8 Å². The number of rotatable bonds is 10. The highest BCUT2D eigenvalue weighted by molar-refractivity contribution is 7.09. The Morgan fingerprint density at radius 3 is 2.71 bits per heavy atom. The van der Waals surface area contributed by atoms with Crippen molar-refractivity contribution in [3.63, 3.8) is 0 Å². The topological polar surface area (TPSA) is 89.4 Å². The van der Waals surface area contributed by atoms with Crippen molar-refractivity contribution in [3.05, 3.63) is 82.3 Å². The first-order chi connectivity index (χ1) is 16.6. The fourth-order valence-electron chi connectivity index (χ4n) is 3.67. The summed E-state index contributed by atoms with van der Waals surface area (Å²) in [5.41, 5.74) is 1.47. The molecular weight excluding hydrogens is 457 g/mol. The number of nitrogens with zero attached hydrogens (tertiary/aromatic N) is 4. The standard InChI is InChI=1S/C24H24FN5O3S/c1-33-13-12-26-24(32)23(18-8-2-3-9-19(18)25)29(15-17-7-6-14-34-17)22(31)16-30-21-11-5-4-10-20(21)27-28-30/h2-11,14,23H,12-13,15-16H2,1H3,(H,26,32). The zero-order valence-electron chi connectivity index (χ0n) is 18.6. The highest BCUT2D eigenvalue weighted by atomic mass is 32.1. The van der Waals surface area contributed by atoms with E-state index in [9.17, 15) is 14.0 Å². The van der Waals surface area contributed by atoms with Gasteiger partial charge in [-0.25, -0.2) is 9.07 Å². The SMILES string of the molecule is COCCNC(=O)C(c1ccccc1F)N(Cc1cccs1)C(=O)Cn1nnc2ccccc21. The monoisotopic (exact) mass is 481 g/mol. The summed E-state index contributed by atoms with van der Waals surface area (Å²) in [4.78, 5) is 29.2. The molecule has 0 aliphatic heterocycles. The van der Waals surface area contributed by atoms with E-state index >= 15 is 0 Å². The third-order valence-electron chi connectivity index (χ3n) is 5.30. The molecule has 34 heavy (non-hydrogen) atoms. The van der Waals surface area contributed by atoms with Crippen molar-refractivity contribution in [1.82, 2.24) is 25.2 Å². The molecule has 2 aromatic heterocycles. The lowest BCUT2D eigenvalue weighted by molar-refractivity contribution is -0.142. The molecule has 176 valence electrons. The largest absolute Gasteiger partial charge is 0.383 e. The number of nitrogens with one attached hydrogen (secondary N) is 1. The first-order valence-corrected chi connectivity index (χ1v) is 11.6. The van der Waals surface area contributed by atoms with E-state index in [1.54, 1.807) is 18.2 Å². The zero-order chi connectivity index (χ0) is 23.9. The second-order valence-corrected chi connectivity index (χ2v) is 8.58. The summed E-state index contributed by atoms with van der Waals surface area (Å²) in [5, 5.41) is 12.8. The molecule has 1 unspecified atom stereocenters. The van der Waals surface area contributed by atoms with Crippen LogP contribution in [-0.2, 0) is 27.4 Å².